The van der Waals surface area contributed by atoms with Crippen molar-refractivity contribution in [3.63, 3.8) is 0 Å². The molecular formula is C17H22N4O2. The molecule has 23 heavy (non-hydrogen) atoms. The van der Waals surface area contributed by atoms with Crippen LogP contribution in [0.3, 0.4) is 0 Å². The maximum absolute atomic E-state index is 11.9. The van der Waals surface area contributed by atoms with Crippen molar-refractivity contribution in [2.24, 2.45) is 0 Å². The molecule has 2 heterocycles. The lowest BCUT2D eigenvalue weighted by molar-refractivity contribution is 0.412. The molecule has 1 aliphatic heterocycles. The number of methoxy groups -OCH3 is 1. The van der Waals surface area contributed by atoms with Crippen molar-refractivity contribution in [1.29, 1.82) is 0 Å². The summed E-state index contributed by atoms with van der Waals surface area (Å²) < 4.78 is 5.17. The van der Waals surface area contributed by atoms with Gasteiger partial charge in [-0.2, -0.15) is 0 Å². The van der Waals surface area contributed by atoms with Gasteiger partial charge >= 0.3 is 0 Å². The van der Waals surface area contributed by atoms with Gasteiger partial charge in [-0.15, -0.1) is 0 Å². The van der Waals surface area contributed by atoms with Crippen LogP contribution in [0.25, 0.3) is 0 Å². The minimum Gasteiger partial charge on any atom is -0.497 e. The highest BCUT2D eigenvalue weighted by molar-refractivity contribution is 5.36. The van der Waals surface area contributed by atoms with Gasteiger partial charge in [-0.25, -0.2) is 4.98 Å². The molecule has 0 amide bonds. The molecule has 1 aromatic carbocycles. The Morgan fingerprint density at radius 3 is 2.96 bits per heavy atom. The molecule has 3 rings (SSSR count). The van der Waals surface area contributed by atoms with E-state index in [4.69, 9.17) is 4.74 Å². The molecule has 2 aromatic rings. The standard InChI is InChI=1S/C17H22N4O2/c1-23-15-6-4-13(5-7-15)11-20-14-3-2-10-21(12-14)16-17(22)19-9-8-18-16/h4-9,14,20H,2-3,10-12H2,1H3,(H,19,22). The molecule has 0 bridgehead atoms. The summed E-state index contributed by atoms with van der Waals surface area (Å²) in [5, 5.41) is 3.57. The van der Waals surface area contributed by atoms with Crippen molar-refractivity contribution in [2.75, 3.05) is 25.1 Å². The fourth-order valence-electron chi connectivity index (χ4n) is 2.91. The van der Waals surface area contributed by atoms with Crippen LogP contribution < -0.4 is 20.5 Å². The second kappa shape index (κ2) is 7.28. The van der Waals surface area contributed by atoms with Crippen molar-refractivity contribution in [3.8, 4) is 5.75 Å². The molecule has 1 fully saturated rings. The first-order valence-corrected chi connectivity index (χ1v) is 7.91. The Kier molecular flexibility index (Phi) is 4.92. The molecule has 1 atom stereocenters. The molecule has 6 heteroatoms. The summed E-state index contributed by atoms with van der Waals surface area (Å²) in [4.78, 5) is 20.8. The van der Waals surface area contributed by atoms with E-state index < -0.39 is 0 Å². The molecule has 0 spiro atoms. The SMILES string of the molecule is COc1ccc(CNC2CCCN(c3ncc[nH]c3=O)C2)cc1. The number of hydrogen-bond donors (Lipinski definition) is 2. The van der Waals surface area contributed by atoms with E-state index in [1.165, 1.54) is 5.56 Å². The molecule has 1 saturated heterocycles. The number of piperidine rings is 1. The van der Waals surface area contributed by atoms with Gasteiger partial charge in [0.25, 0.3) is 5.56 Å². The second-order valence-electron chi connectivity index (χ2n) is 5.76. The minimum absolute atomic E-state index is 0.122. The molecule has 6 nitrogen and oxygen atoms in total. The van der Waals surface area contributed by atoms with E-state index in [9.17, 15) is 4.79 Å². The fourth-order valence-corrected chi connectivity index (χ4v) is 2.91. The van der Waals surface area contributed by atoms with Gasteiger partial charge in [0.2, 0.25) is 0 Å². The summed E-state index contributed by atoms with van der Waals surface area (Å²) in [6, 6.07) is 8.42. The Morgan fingerprint density at radius 2 is 2.22 bits per heavy atom. The number of H-pyrrole nitrogens is 1. The van der Waals surface area contributed by atoms with Gasteiger partial charge in [-0.3, -0.25) is 4.79 Å². The van der Waals surface area contributed by atoms with E-state index in [2.05, 4.69) is 32.3 Å². The summed E-state index contributed by atoms with van der Waals surface area (Å²) in [5.74, 6) is 1.38. The zero-order chi connectivity index (χ0) is 16.1. The number of benzene rings is 1. The van der Waals surface area contributed by atoms with Gasteiger partial charge in [-0.1, -0.05) is 12.1 Å². The maximum Gasteiger partial charge on any atom is 0.290 e. The number of nitrogens with zero attached hydrogens (tertiary/aromatic N) is 2. The van der Waals surface area contributed by atoms with E-state index in [0.29, 0.717) is 11.9 Å². The molecule has 0 radical (unpaired) electrons. The quantitative estimate of drug-likeness (QED) is 0.876. The van der Waals surface area contributed by atoms with Crippen LogP contribution in [0.1, 0.15) is 18.4 Å². The van der Waals surface area contributed by atoms with Crippen LogP contribution in [0.2, 0.25) is 0 Å². The predicted octanol–water partition coefficient (Wildman–Crippen LogP) is 1.54. The molecule has 2 N–H and O–H groups in total. The highest BCUT2D eigenvalue weighted by Crippen LogP contribution is 2.15. The first kappa shape index (κ1) is 15.6. The average Bonchev–Trinajstić information content (AvgIpc) is 2.61. The zero-order valence-corrected chi connectivity index (χ0v) is 13.3. The van der Waals surface area contributed by atoms with Crippen LogP contribution in [0.4, 0.5) is 5.82 Å². The topological polar surface area (TPSA) is 70.2 Å². The smallest absolute Gasteiger partial charge is 0.290 e. The minimum atomic E-state index is -0.122. The van der Waals surface area contributed by atoms with Gasteiger partial charge in [0.05, 0.1) is 7.11 Å². The van der Waals surface area contributed by atoms with Crippen LogP contribution in [-0.2, 0) is 6.54 Å². The number of rotatable bonds is 5. The van der Waals surface area contributed by atoms with Gasteiger partial charge in [0, 0.05) is 38.1 Å². The highest BCUT2D eigenvalue weighted by atomic mass is 16.5. The number of aromatic amines is 1. The molecule has 0 aliphatic carbocycles. The number of aromatic nitrogens is 2. The van der Waals surface area contributed by atoms with Crippen LogP contribution >= 0.6 is 0 Å². The Balaban J connectivity index is 1.58. The Morgan fingerprint density at radius 1 is 1.39 bits per heavy atom. The lowest BCUT2D eigenvalue weighted by atomic mass is 10.1. The Bertz CT molecular complexity index is 683. The number of anilines is 1. The number of nitrogens with one attached hydrogen (secondary N) is 2. The second-order valence-corrected chi connectivity index (χ2v) is 5.76. The third-order valence-corrected chi connectivity index (χ3v) is 4.16. The molecule has 1 unspecified atom stereocenters. The van der Waals surface area contributed by atoms with Crippen LogP contribution in [0, 0.1) is 0 Å². The monoisotopic (exact) mass is 314 g/mol. The van der Waals surface area contributed by atoms with E-state index in [1.807, 2.05) is 12.1 Å². The van der Waals surface area contributed by atoms with Gasteiger partial charge in [0.15, 0.2) is 5.82 Å². The van der Waals surface area contributed by atoms with Gasteiger partial charge in [0.1, 0.15) is 5.75 Å². The van der Waals surface area contributed by atoms with Crippen molar-refractivity contribution in [3.05, 3.63) is 52.6 Å². The number of ether oxygens (including phenoxy) is 1. The van der Waals surface area contributed by atoms with Crippen molar-refractivity contribution in [2.45, 2.75) is 25.4 Å². The average molecular weight is 314 g/mol. The Labute approximate surface area is 135 Å². The Hall–Kier alpha value is -2.34. The van der Waals surface area contributed by atoms with Crippen LogP contribution in [0.15, 0.2) is 41.5 Å². The first-order chi connectivity index (χ1) is 11.3. The summed E-state index contributed by atoms with van der Waals surface area (Å²) >= 11 is 0. The summed E-state index contributed by atoms with van der Waals surface area (Å²) in [6.45, 7) is 2.48. The van der Waals surface area contributed by atoms with E-state index in [0.717, 1.165) is 38.2 Å². The van der Waals surface area contributed by atoms with Crippen molar-refractivity contribution < 1.29 is 4.74 Å². The lowest BCUT2D eigenvalue weighted by Crippen LogP contribution is -2.47. The normalized spacial score (nSPS) is 18.0. The van der Waals surface area contributed by atoms with Crippen molar-refractivity contribution in [1.82, 2.24) is 15.3 Å². The summed E-state index contributed by atoms with van der Waals surface area (Å²) in [5.41, 5.74) is 1.10. The maximum atomic E-state index is 11.9. The van der Waals surface area contributed by atoms with E-state index in [1.54, 1.807) is 19.5 Å². The van der Waals surface area contributed by atoms with Crippen LogP contribution in [-0.4, -0.2) is 36.2 Å². The summed E-state index contributed by atoms with van der Waals surface area (Å²) in [6.07, 6.45) is 5.36. The van der Waals surface area contributed by atoms with E-state index in [-0.39, 0.29) is 5.56 Å². The van der Waals surface area contributed by atoms with Gasteiger partial charge < -0.3 is 19.9 Å². The highest BCUT2D eigenvalue weighted by Gasteiger charge is 2.22. The van der Waals surface area contributed by atoms with Crippen molar-refractivity contribution >= 4 is 5.82 Å². The molecule has 122 valence electrons. The molecule has 1 aliphatic rings. The zero-order valence-electron chi connectivity index (χ0n) is 13.3. The van der Waals surface area contributed by atoms with Crippen LogP contribution in [0.5, 0.6) is 5.75 Å². The predicted molar refractivity (Wildman–Crippen MR) is 89.9 cm³/mol. The third-order valence-electron chi connectivity index (χ3n) is 4.16. The molecule has 1 aromatic heterocycles. The molecular weight excluding hydrogens is 292 g/mol. The molecule has 0 saturated carbocycles. The summed E-state index contributed by atoms with van der Waals surface area (Å²) in [7, 11) is 1.67. The fraction of sp³-hybridized carbons (Fsp3) is 0.412. The van der Waals surface area contributed by atoms with Gasteiger partial charge in [-0.05, 0) is 30.5 Å². The third kappa shape index (κ3) is 3.90. The van der Waals surface area contributed by atoms with E-state index >= 15 is 0 Å². The lowest BCUT2D eigenvalue weighted by Gasteiger charge is -2.33. The first-order valence-electron chi connectivity index (χ1n) is 7.91. The number of hydrogen-bond acceptors (Lipinski definition) is 5. The largest absolute Gasteiger partial charge is 0.497 e.